The Bertz CT molecular complexity index is 1160. The highest BCUT2D eigenvalue weighted by atomic mass is 16.5. The molecule has 1 spiro atoms. The van der Waals surface area contributed by atoms with Crippen molar-refractivity contribution in [1.82, 2.24) is 20.3 Å². The molecule has 3 heterocycles. The Morgan fingerprint density at radius 2 is 1.97 bits per heavy atom. The summed E-state index contributed by atoms with van der Waals surface area (Å²) in [7, 11) is 3.53. The van der Waals surface area contributed by atoms with Gasteiger partial charge >= 0.3 is 0 Å². The maximum absolute atomic E-state index is 14.1. The standard InChI is InChI=1S/C25H29N5O2/c1-16-5-10-20-23(11-16)30(14-18-6-8-19(32-4)9-7-18)24(31)25(20)12-17(2)26-21(13-25)22-15-29(3)28-27-22/h5-11,15,17,21,26H,12-14H2,1-4H3/t17-,21-,25+/m0/s1. The normalized spacial score (nSPS) is 24.8. The van der Waals surface area contributed by atoms with E-state index >= 15 is 0 Å². The van der Waals surface area contributed by atoms with Crippen LogP contribution in [-0.4, -0.2) is 34.1 Å². The van der Waals surface area contributed by atoms with Crippen LogP contribution in [0.4, 0.5) is 5.69 Å². The molecule has 0 saturated carbocycles. The van der Waals surface area contributed by atoms with E-state index < -0.39 is 5.41 Å². The number of fused-ring (bicyclic) bond motifs is 2. The summed E-state index contributed by atoms with van der Waals surface area (Å²) in [6.07, 6.45) is 3.37. The van der Waals surface area contributed by atoms with Crippen LogP contribution < -0.4 is 15.0 Å². The molecule has 0 radical (unpaired) electrons. The Kier molecular flexibility index (Phi) is 5.01. The van der Waals surface area contributed by atoms with Gasteiger partial charge in [-0.05, 0) is 61.6 Å². The predicted octanol–water partition coefficient (Wildman–Crippen LogP) is 3.43. The van der Waals surface area contributed by atoms with Crippen molar-refractivity contribution >= 4 is 11.6 Å². The van der Waals surface area contributed by atoms with Crippen LogP contribution in [-0.2, 0) is 23.8 Å². The molecule has 2 aliphatic heterocycles. The molecular weight excluding hydrogens is 402 g/mol. The molecule has 1 amide bonds. The largest absolute Gasteiger partial charge is 0.497 e. The van der Waals surface area contributed by atoms with Gasteiger partial charge < -0.3 is 15.0 Å². The molecule has 7 heteroatoms. The number of carbonyl (C=O) groups is 1. The monoisotopic (exact) mass is 431 g/mol. The molecule has 0 aliphatic carbocycles. The van der Waals surface area contributed by atoms with Crippen molar-refractivity contribution in [2.45, 2.75) is 50.7 Å². The van der Waals surface area contributed by atoms with E-state index in [0.29, 0.717) is 13.0 Å². The lowest BCUT2D eigenvalue weighted by atomic mass is 9.69. The van der Waals surface area contributed by atoms with Gasteiger partial charge in [0.05, 0.1) is 30.8 Å². The summed E-state index contributed by atoms with van der Waals surface area (Å²) < 4.78 is 7.00. The maximum atomic E-state index is 14.1. The van der Waals surface area contributed by atoms with Gasteiger partial charge in [0.1, 0.15) is 5.75 Å². The van der Waals surface area contributed by atoms with E-state index in [2.05, 4.69) is 47.7 Å². The van der Waals surface area contributed by atoms with Gasteiger partial charge in [0, 0.05) is 25.0 Å². The highest BCUT2D eigenvalue weighted by Crippen LogP contribution is 2.51. The number of nitrogens with one attached hydrogen (secondary N) is 1. The summed E-state index contributed by atoms with van der Waals surface area (Å²) in [5.41, 5.74) is 4.70. The fourth-order valence-corrected chi connectivity index (χ4v) is 5.35. The fraction of sp³-hybridized carbons (Fsp3) is 0.400. The highest BCUT2D eigenvalue weighted by Gasteiger charge is 2.54. The van der Waals surface area contributed by atoms with Crippen molar-refractivity contribution in [2.75, 3.05) is 12.0 Å². The number of piperidine rings is 1. The van der Waals surface area contributed by atoms with Gasteiger partial charge in [-0.3, -0.25) is 9.48 Å². The van der Waals surface area contributed by atoms with Gasteiger partial charge in [0.2, 0.25) is 5.91 Å². The molecule has 5 rings (SSSR count). The molecule has 1 N–H and O–H groups in total. The van der Waals surface area contributed by atoms with E-state index in [1.807, 2.05) is 42.4 Å². The molecule has 0 unspecified atom stereocenters. The van der Waals surface area contributed by atoms with Crippen LogP contribution >= 0.6 is 0 Å². The second-order valence-electron chi connectivity index (χ2n) is 9.19. The van der Waals surface area contributed by atoms with Crippen molar-refractivity contribution in [3.8, 4) is 5.75 Å². The van der Waals surface area contributed by atoms with E-state index in [1.165, 1.54) is 0 Å². The lowest BCUT2D eigenvalue weighted by molar-refractivity contribution is -0.125. The summed E-state index contributed by atoms with van der Waals surface area (Å²) in [6, 6.07) is 14.5. The van der Waals surface area contributed by atoms with Crippen molar-refractivity contribution < 1.29 is 9.53 Å². The number of amides is 1. The summed E-state index contributed by atoms with van der Waals surface area (Å²) in [5.74, 6) is 0.990. The Balaban J connectivity index is 1.54. The zero-order valence-corrected chi connectivity index (χ0v) is 19.0. The first-order chi connectivity index (χ1) is 15.4. The van der Waals surface area contributed by atoms with Crippen molar-refractivity contribution in [1.29, 1.82) is 0 Å². The number of carbonyl (C=O) groups excluding carboxylic acids is 1. The Hall–Kier alpha value is -3.19. The van der Waals surface area contributed by atoms with Gasteiger partial charge in [-0.15, -0.1) is 5.10 Å². The van der Waals surface area contributed by atoms with Crippen molar-refractivity contribution in [2.24, 2.45) is 7.05 Å². The van der Waals surface area contributed by atoms with Gasteiger partial charge in [-0.1, -0.05) is 29.5 Å². The van der Waals surface area contributed by atoms with E-state index in [4.69, 9.17) is 4.74 Å². The summed E-state index contributed by atoms with van der Waals surface area (Å²) in [5, 5.41) is 12.1. The third-order valence-corrected chi connectivity index (χ3v) is 6.78. The van der Waals surface area contributed by atoms with E-state index in [0.717, 1.165) is 40.2 Å². The number of aromatic nitrogens is 3. The average molecular weight is 432 g/mol. The molecule has 3 atom stereocenters. The van der Waals surface area contributed by atoms with Crippen molar-refractivity contribution in [3.63, 3.8) is 0 Å². The van der Waals surface area contributed by atoms with Crippen LogP contribution in [0.15, 0.2) is 48.7 Å². The molecule has 32 heavy (non-hydrogen) atoms. The van der Waals surface area contributed by atoms with Crippen LogP contribution in [0, 0.1) is 6.92 Å². The number of nitrogens with zero attached hydrogens (tertiary/aromatic N) is 4. The number of benzene rings is 2. The number of hydrogen-bond donors (Lipinski definition) is 1. The fourth-order valence-electron chi connectivity index (χ4n) is 5.35. The molecule has 166 valence electrons. The highest BCUT2D eigenvalue weighted by molar-refractivity contribution is 6.08. The first-order valence-electron chi connectivity index (χ1n) is 11.1. The molecule has 2 aromatic carbocycles. The van der Waals surface area contributed by atoms with Gasteiger partial charge in [0.25, 0.3) is 0 Å². The summed E-state index contributed by atoms with van der Waals surface area (Å²) in [6.45, 7) is 4.77. The smallest absolute Gasteiger partial charge is 0.238 e. The zero-order valence-electron chi connectivity index (χ0n) is 19.0. The number of hydrogen-bond acceptors (Lipinski definition) is 5. The van der Waals surface area contributed by atoms with Crippen LogP contribution in [0.2, 0.25) is 0 Å². The summed E-state index contributed by atoms with van der Waals surface area (Å²) in [4.78, 5) is 16.1. The number of rotatable bonds is 4. The van der Waals surface area contributed by atoms with Gasteiger partial charge in [-0.25, -0.2) is 0 Å². The second-order valence-corrected chi connectivity index (χ2v) is 9.19. The third kappa shape index (κ3) is 3.37. The Morgan fingerprint density at radius 3 is 2.66 bits per heavy atom. The number of methoxy groups -OCH3 is 1. The van der Waals surface area contributed by atoms with E-state index in [-0.39, 0.29) is 18.0 Å². The van der Waals surface area contributed by atoms with Crippen LogP contribution in [0.25, 0.3) is 0 Å². The molecule has 1 aromatic heterocycles. The molecular formula is C25H29N5O2. The zero-order chi connectivity index (χ0) is 22.5. The Labute approximate surface area is 188 Å². The van der Waals surface area contributed by atoms with Crippen LogP contribution in [0.5, 0.6) is 5.75 Å². The average Bonchev–Trinajstić information content (AvgIpc) is 3.30. The first kappa shape index (κ1) is 20.7. The molecule has 0 bridgehead atoms. The number of ether oxygens (including phenoxy) is 1. The number of aryl methyl sites for hydroxylation is 2. The first-order valence-corrected chi connectivity index (χ1v) is 11.1. The quantitative estimate of drug-likeness (QED) is 0.685. The van der Waals surface area contributed by atoms with Crippen LogP contribution in [0.1, 0.15) is 48.2 Å². The molecule has 1 saturated heterocycles. The minimum absolute atomic E-state index is 0.0218. The molecule has 2 aliphatic rings. The van der Waals surface area contributed by atoms with E-state index in [1.54, 1.807) is 11.8 Å². The lowest BCUT2D eigenvalue weighted by Gasteiger charge is -2.40. The lowest BCUT2D eigenvalue weighted by Crippen LogP contribution is -2.51. The third-order valence-electron chi connectivity index (χ3n) is 6.78. The second kappa shape index (κ2) is 7.74. The molecule has 3 aromatic rings. The topological polar surface area (TPSA) is 72.3 Å². The minimum Gasteiger partial charge on any atom is -0.497 e. The molecule has 1 fully saturated rings. The maximum Gasteiger partial charge on any atom is 0.238 e. The number of anilines is 1. The SMILES string of the molecule is COc1ccc(CN2C(=O)[C@]3(C[C@@H](c4cn(C)nn4)N[C@@H](C)C3)c3ccc(C)cc32)cc1. The minimum atomic E-state index is -0.567. The summed E-state index contributed by atoms with van der Waals surface area (Å²) >= 11 is 0. The Morgan fingerprint density at radius 1 is 1.19 bits per heavy atom. The molecule has 7 nitrogen and oxygen atoms in total. The van der Waals surface area contributed by atoms with Crippen LogP contribution in [0.3, 0.4) is 0 Å². The van der Waals surface area contributed by atoms with E-state index in [9.17, 15) is 4.79 Å². The predicted molar refractivity (Wildman–Crippen MR) is 123 cm³/mol. The van der Waals surface area contributed by atoms with Crippen molar-refractivity contribution in [3.05, 3.63) is 71.0 Å². The van der Waals surface area contributed by atoms with Gasteiger partial charge in [0.15, 0.2) is 0 Å². The van der Waals surface area contributed by atoms with Gasteiger partial charge in [-0.2, -0.15) is 0 Å².